The van der Waals surface area contributed by atoms with E-state index < -0.39 is 0 Å². The minimum atomic E-state index is -0.310. The van der Waals surface area contributed by atoms with Gasteiger partial charge in [-0.3, -0.25) is 14.6 Å². The first-order chi connectivity index (χ1) is 11.1. The summed E-state index contributed by atoms with van der Waals surface area (Å²) in [6, 6.07) is 6.72. The maximum absolute atomic E-state index is 12.2. The molecular formula is C16H19N3O4. The van der Waals surface area contributed by atoms with Crippen LogP contribution in [0, 0.1) is 5.92 Å². The van der Waals surface area contributed by atoms with Crippen molar-refractivity contribution in [3.63, 3.8) is 0 Å². The van der Waals surface area contributed by atoms with E-state index in [4.69, 9.17) is 4.52 Å². The van der Waals surface area contributed by atoms with Crippen molar-refractivity contribution in [2.75, 3.05) is 0 Å². The Morgan fingerprint density at radius 2 is 2.30 bits per heavy atom. The molecule has 0 radical (unpaired) electrons. The molecular weight excluding hydrogens is 298 g/mol. The van der Waals surface area contributed by atoms with Gasteiger partial charge in [0.25, 0.3) is 5.56 Å². The fourth-order valence-corrected chi connectivity index (χ4v) is 2.82. The summed E-state index contributed by atoms with van der Waals surface area (Å²) < 4.78 is 4.94. The number of amides is 1. The molecule has 3 N–H and O–H groups in total. The molecule has 1 saturated carbocycles. The number of pyridine rings is 1. The number of carbonyl (C=O) groups is 1. The smallest absolute Gasteiger partial charge is 0.280 e. The van der Waals surface area contributed by atoms with Crippen molar-refractivity contribution in [3.8, 4) is 0 Å². The predicted molar refractivity (Wildman–Crippen MR) is 81.5 cm³/mol. The minimum Gasteiger partial charge on any atom is -0.393 e. The lowest BCUT2D eigenvalue weighted by molar-refractivity contribution is -0.123. The summed E-state index contributed by atoms with van der Waals surface area (Å²) in [7, 11) is 0. The highest BCUT2D eigenvalue weighted by atomic mass is 16.5. The molecule has 1 amide bonds. The Morgan fingerprint density at radius 3 is 2.91 bits per heavy atom. The Morgan fingerprint density at radius 1 is 1.48 bits per heavy atom. The number of H-pyrrole nitrogens is 1. The molecule has 1 aliphatic carbocycles. The maximum atomic E-state index is 12.2. The number of aryl methyl sites for hydroxylation is 1. The van der Waals surface area contributed by atoms with E-state index in [2.05, 4.69) is 15.5 Å². The van der Waals surface area contributed by atoms with Crippen molar-refractivity contribution in [1.29, 1.82) is 0 Å². The number of nitrogens with one attached hydrogen (secondary N) is 2. The normalized spacial score (nSPS) is 21.4. The first-order valence-corrected chi connectivity index (χ1v) is 7.67. The van der Waals surface area contributed by atoms with Gasteiger partial charge in [0.2, 0.25) is 5.91 Å². The Kier molecular flexibility index (Phi) is 4.57. The van der Waals surface area contributed by atoms with Gasteiger partial charge in [-0.15, -0.1) is 0 Å². The lowest BCUT2D eigenvalue weighted by Gasteiger charge is -2.37. The van der Waals surface area contributed by atoms with Crippen LogP contribution in [0.25, 0.3) is 0 Å². The van der Waals surface area contributed by atoms with Crippen molar-refractivity contribution in [1.82, 2.24) is 15.5 Å². The Bertz CT molecular complexity index is 703. The molecule has 0 aliphatic heterocycles. The van der Waals surface area contributed by atoms with Crippen LogP contribution in [0.5, 0.6) is 0 Å². The zero-order valence-corrected chi connectivity index (χ0v) is 12.6. The van der Waals surface area contributed by atoms with E-state index in [0.29, 0.717) is 25.0 Å². The molecule has 23 heavy (non-hydrogen) atoms. The van der Waals surface area contributed by atoms with Crippen LogP contribution in [0.2, 0.25) is 0 Å². The van der Waals surface area contributed by atoms with Gasteiger partial charge >= 0.3 is 0 Å². The number of carbonyl (C=O) groups excluding carboxylic acids is 1. The maximum Gasteiger partial charge on any atom is 0.280 e. The van der Waals surface area contributed by atoms with Crippen LogP contribution in [0.3, 0.4) is 0 Å². The van der Waals surface area contributed by atoms with Gasteiger partial charge in [-0.1, -0.05) is 6.07 Å². The van der Waals surface area contributed by atoms with Crippen LogP contribution in [0.4, 0.5) is 0 Å². The molecule has 1 atom stereocenters. The Balaban J connectivity index is 1.61. The van der Waals surface area contributed by atoms with E-state index in [1.54, 1.807) is 6.20 Å². The van der Waals surface area contributed by atoms with Crippen LogP contribution in [-0.2, 0) is 11.2 Å². The summed E-state index contributed by atoms with van der Waals surface area (Å²) in [5.74, 6) is 0.513. The highest BCUT2D eigenvalue weighted by Crippen LogP contribution is 2.37. The summed E-state index contributed by atoms with van der Waals surface area (Å²) in [4.78, 5) is 27.5. The third-order valence-electron chi connectivity index (χ3n) is 4.12. The van der Waals surface area contributed by atoms with E-state index in [0.717, 1.165) is 5.69 Å². The van der Waals surface area contributed by atoms with Gasteiger partial charge in [-0.25, -0.2) is 0 Å². The molecule has 1 fully saturated rings. The second-order valence-electron chi connectivity index (χ2n) is 5.86. The van der Waals surface area contributed by atoms with Crippen LogP contribution < -0.4 is 10.9 Å². The van der Waals surface area contributed by atoms with Crippen molar-refractivity contribution in [3.05, 3.63) is 52.3 Å². The summed E-state index contributed by atoms with van der Waals surface area (Å²) in [5.41, 5.74) is 0.487. The van der Waals surface area contributed by atoms with Gasteiger partial charge < -0.3 is 14.9 Å². The lowest BCUT2D eigenvalue weighted by Crippen LogP contribution is -2.41. The van der Waals surface area contributed by atoms with Gasteiger partial charge in [-0.2, -0.15) is 5.16 Å². The lowest BCUT2D eigenvalue weighted by atomic mass is 9.76. The molecule has 1 unspecified atom stereocenters. The van der Waals surface area contributed by atoms with Crippen molar-refractivity contribution < 1.29 is 14.4 Å². The summed E-state index contributed by atoms with van der Waals surface area (Å²) >= 11 is 0. The van der Waals surface area contributed by atoms with Crippen LogP contribution in [-0.4, -0.2) is 27.3 Å². The molecule has 2 aromatic heterocycles. The van der Waals surface area contributed by atoms with E-state index in [-0.39, 0.29) is 36.0 Å². The third-order valence-corrected chi connectivity index (χ3v) is 4.12. The predicted octanol–water partition coefficient (Wildman–Crippen LogP) is 0.924. The molecule has 122 valence electrons. The SMILES string of the molecule is O=C(CCc1cc(=O)[nH]o1)NC(c1ccccn1)C1CC(O)C1. The monoisotopic (exact) mass is 317 g/mol. The first-order valence-electron chi connectivity index (χ1n) is 7.67. The van der Waals surface area contributed by atoms with Gasteiger partial charge in [0, 0.05) is 25.1 Å². The number of nitrogens with zero attached hydrogens (tertiary/aromatic N) is 1. The number of aliphatic hydroxyl groups excluding tert-OH is 1. The topological polar surface area (TPSA) is 108 Å². The molecule has 1 aliphatic rings. The number of aliphatic hydroxyl groups is 1. The number of aromatic nitrogens is 2. The molecule has 7 nitrogen and oxygen atoms in total. The molecule has 7 heteroatoms. The second kappa shape index (κ2) is 6.78. The zero-order valence-electron chi connectivity index (χ0n) is 12.6. The molecule has 2 heterocycles. The van der Waals surface area contributed by atoms with Crippen LogP contribution in [0.1, 0.15) is 36.8 Å². The number of hydrogen-bond acceptors (Lipinski definition) is 5. The van der Waals surface area contributed by atoms with Crippen LogP contribution in [0.15, 0.2) is 39.8 Å². The van der Waals surface area contributed by atoms with E-state index >= 15 is 0 Å². The molecule has 2 aromatic rings. The molecule has 3 rings (SSSR count). The Labute approximate surface area is 132 Å². The van der Waals surface area contributed by atoms with Gasteiger partial charge in [0.1, 0.15) is 5.76 Å². The van der Waals surface area contributed by atoms with Gasteiger partial charge in [-0.05, 0) is 30.9 Å². The average Bonchev–Trinajstić information content (AvgIpc) is 2.94. The quantitative estimate of drug-likeness (QED) is 0.734. The van der Waals surface area contributed by atoms with Crippen molar-refractivity contribution >= 4 is 5.91 Å². The summed E-state index contributed by atoms with van der Waals surface area (Å²) in [6.45, 7) is 0. The second-order valence-corrected chi connectivity index (χ2v) is 5.86. The minimum absolute atomic E-state index is 0.133. The fourth-order valence-electron chi connectivity index (χ4n) is 2.82. The average molecular weight is 317 g/mol. The molecule has 0 bridgehead atoms. The number of aromatic amines is 1. The van der Waals surface area contributed by atoms with Crippen LogP contribution >= 0.6 is 0 Å². The van der Waals surface area contributed by atoms with E-state index in [1.807, 2.05) is 18.2 Å². The number of rotatable bonds is 6. The largest absolute Gasteiger partial charge is 0.393 e. The highest BCUT2D eigenvalue weighted by Gasteiger charge is 2.36. The third kappa shape index (κ3) is 3.87. The Hall–Kier alpha value is -2.41. The number of hydrogen-bond donors (Lipinski definition) is 3. The van der Waals surface area contributed by atoms with Gasteiger partial charge in [0.15, 0.2) is 0 Å². The molecule has 0 aromatic carbocycles. The summed E-state index contributed by atoms with van der Waals surface area (Å²) in [6.07, 6.45) is 3.30. The molecule has 0 saturated heterocycles. The standard InChI is InChI=1S/C16H19N3O4/c20-11-7-10(8-11)16(13-3-1-2-6-17-13)18-14(21)5-4-12-9-15(22)19-23-12/h1-3,6,9-11,16,20H,4-5,7-8H2,(H,18,21)(H,19,22). The van der Waals surface area contributed by atoms with Gasteiger partial charge in [0.05, 0.1) is 17.8 Å². The molecule has 0 spiro atoms. The van der Waals surface area contributed by atoms with E-state index in [9.17, 15) is 14.7 Å². The summed E-state index contributed by atoms with van der Waals surface area (Å²) in [5, 5.41) is 14.7. The van der Waals surface area contributed by atoms with Crippen molar-refractivity contribution in [2.24, 2.45) is 5.92 Å². The zero-order chi connectivity index (χ0) is 16.2. The fraction of sp³-hybridized carbons (Fsp3) is 0.438. The van der Waals surface area contributed by atoms with Crippen molar-refractivity contribution in [2.45, 2.75) is 37.8 Å². The first kappa shape index (κ1) is 15.5. The highest BCUT2D eigenvalue weighted by molar-refractivity contribution is 5.76. The van der Waals surface area contributed by atoms with E-state index in [1.165, 1.54) is 6.07 Å².